The molecule has 0 aliphatic heterocycles. The van der Waals surface area contributed by atoms with Gasteiger partial charge in [-0.15, -0.1) is 0 Å². The highest BCUT2D eigenvalue weighted by molar-refractivity contribution is 6.04. The van der Waals surface area contributed by atoms with E-state index < -0.39 is 0 Å². The van der Waals surface area contributed by atoms with Crippen LogP contribution in [0.5, 0.6) is 0 Å². The van der Waals surface area contributed by atoms with Crippen LogP contribution >= 0.6 is 0 Å². The first-order chi connectivity index (χ1) is 12.6. The maximum Gasteiger partial charge on any atom is 0.255 e. The van der Waals surface area contributed by atoms with Crippen molar-refractivity contribution in [2.75, 3.05) is 5.32 Å². The van der Waals surface area contributed by atoms with Crippen molar-refractivity contribution in [3.8, 4) is 0 Å². The van der Waals surface area contributed by atoms with Crippen molar-refractivity contribution in [1.82, 2.24) is 0 Å². The molecule has 2 rings (SSSR count). The summed E-state index contributed by atoms with van der Waals surface area (Å²) < 4.78 is 0. The number of benzene rings is 2. The van der Waals surface area contributed by atoms with Crippen molar-refractivity contribution >= 4 is 17.4 Å². The fourth-order valence-electron chi connectivity index (χ4n) is 2.98. The number of hydrogen-bond acceptors (Lipinski definition) is 2. The zero-order valence-corrected chi connectivity index (χ0v) is 15.8. The highest BCUT2D eigenvalue weighted by Crippen LogP contribution is 2.18. The van der Waals surface area contributed by atoms with Gasteiger partial charge in [0.25, 0.3) is 5.91 Å². The van der Waals surface area contributed by atoms with Gasteiger partial charge in [0.15, 0.2) is 5.78 Å². The van der Waals surface area contributed by atoms with Crippen molar-refractivity contribution in [2.45, 2.75) is 52.4 Å². The van der Waals surface area contributed by atoms with E-state index in [1.54, 1.807) is 36.4 Å². The standard InChI is InChI=1S/C23H29NO2/c1-3-4-5-6-8-11-18(2)22(25)19-14-16-21(17-15-19)24-23(26)20-12-9-7-10-13-20/h7,9-10,12-18H,3-6,8,11H2,1-2H3,(H,24,26). The van der Waals surface area contributed by atoms with Crippen molar-refractivity contribution in [2.24, 2.45) is 5.92 Å². The molecule has 2 aromatic rings. The van der Waals surface area contributed by atoms with Gasteiger partial charge < -0.3 is 5.32 Å². The minimum atomic E-state index is -0.148. The molecular weight excluding hydrogens is 322 g/mol. The molecule has 1 N–H and O–H groups in total. The first kappa shape index (κ1) is 19.9. The van der Waals surface area contributed by atoms with Crippen molar-refractivity contribution < 1.29 is 9.59 Å². The van der Waals surface area contributed by atoms with Crippen LogP contribution in [0.25, 0.3) is 0 Å². The molecule has 0 saturated heterocycles. The zero-order valence-electron chi connectivity index (χ0n) is 15.8. The molecule has 3 heteroatoms. The minimum Gasteiger partial charge on any atom is -0.322 e. The number of ketones is 1. The number of nitrogens with one attached hydrogen (secondary N) is 1. The van der Waals surface area contributed by atoms with Crippen LogP contribution in [-0.2, 0) is 0 Å². The molecule has 3 nitrogen and oxygen atoms in total. The quantitative estimate of drug-likeness (QED) is 0.414. The Hall–Kier alpha value is -2.42. The number of amides is 1. The summed E-state index contributed by atoms with van der Waals surface area (Å²) >= 11 is 0. The third-order valence-electron chi connectivity index (χ3n) is 4.65. The van der Waals surface area contributed by atoms with Gasteiger partial charge in [0.2, 0.25) is 0 Å². The summed E-state index contributed by atoms with van der Waals surface area (Å²) in [6, 6.07) is 16.3. The summed E-state index contributed by atoms with van der Waals surface area (Å²) in [5.41, 5.74) is 2.02. The van der Waals surface area contributed by atoms with E-state index in [1.807, 2.05) is 25.1 Å². The molecule has 0 aromatic heterocycles. The molecule has 0 aliphatic rings. The van der Waals surface area contributed by atoms with Gasteiger partial charge in [-0.1, -0.05) is 64.2 Å². The van der Waals surface area contributed by atoms with E-state index in [1.165, 1.54) is 25.7 Å². The van der Waals surface area contributed by atoms with Crippen LogP contribution in [0.15, 0.2) is 54.6 Å². The highest BCUT2D eigenvalue weighted by atomic mass is 16.1. The monoisotopic (exact) mass is 351 g/mol. The molecule has 1 unspecified atom stereocenters. The second-order valence-corrected chi connectivity index (χ2v) is 6.87. The van der Waals surface area contributed by atoms with E-state index in [0.29, 0.717) is 16.8 Å². The van der Waals surface area contributed by atoms with E-state index >= 15 is 0 Å². The van der Waals surface area contributed by atoms with Gasteiger partial charge >= 0.3 is 0 Å². The van der Waals surface area contributed by atoms with Gasteiger partial charge in [-0.25, -0.2) is 0 Å². The van der Waals surface area contributed by atoms with Crippen molar-refractivity contribution in [3.63, 3.8) is 0 Å². The number of hydrogen-bond donors (Lipinski definition) is 1. The van der Waals surface area contributed by atoms with E-state index in [2.05, 4.69) is 12.2 Å². The van der Waals surface area contributed by atoms with Crippen LogP contribution in [0.3, 0.4) is 0 Å². The summed E-state index contributed by atoms with van der Waals surface area (Å²) in [6.45, 7) is 4.21. The van der Waals surface area contributed by atoms with E-state index in [4.69, 9.17) is 0 Å². The lowest BCUT2D eigenvalue weighted by atomic mass is 9.93. The fourth-order valence-corrected chi connectivity index (χ4v) is 2.98. The summed E-state index contributed by atoms with van der Waals surface area (Å²) in [5.74, 6) is 0.0768. The van der Waals surface area contributed by atoms with Gasteiger partial charge in [0, 0.05) is 22.7 Å². The van der Waals surface area contributed by atoms with Crippen LogP contribution in [0.2, 0.25) is 0 Å². The van der Waals surface area contributed by atoms with E-state index in [-0.39, 0.29) is 17.6 Å². The van der Waals surface area contributed by atoms with Gasteiger partial charge in [-0.2, -0.15) is 0 Å². The smallest absolute Gasteiger partial charge is 0.255 e. The lowest BCUT2D eigenvalue weighted by molar-refractivity contribution is 0.0922. The molecule has 1 atom stereocenters. The summed E-state index contributed by atoms with van der Waals surface area (Å²) in [7, 11) is 0. The topological polar surface area (TPSA) is 46.2 Å². The predicted octanol–water partition coefficient (Wildman–Crippen LogP) is 6.12. The lowest BCUT2D eigenvalue weighted by Crippen LogP contribution is -2.13. The molecule has 0 radical (unpaired) electrons. The van der Waals surface area contributed by atoms with E-state index in [9.17, 15) is 9.59 Å². The number of carbonyl (C=O) groups is 2. The number of Topliss-reactive ketones (excluding diaryl/α,β-unsaturated/α-hetero) is 1. The third-order valence-corrected chi connectivity index (χ3v) is 4.65. The second-order valence-electron chi connectivity index (χ2n) is 6.87. The van der Waals surface area contributed by atoms with E-state index in [0.717, 1.165) is 12.8 Å². The molecule has 0 bridgehead atoms. The normalized spacial score (nSPS) is 11.8. The van der Waals surface area contributed by atoms with Gasteiger partial charge in [-0.05, 0) is 42.8 Å². The molecule has 138 valence electrons. The van der Waals surface area contributed by atoms with Crippen LogP contribution in [-0.4, -0.2) is 11.7 Å². The van der Waals surface area contributed by atoms with Gasteiger partial charge in [0.05, 0.1) is 0 Å². The summed E-state index contributed by atoms with van der Waals surface area (Å²) in [6.07, 6.45) is 7.02. The third kappa shape index (κ3) is 6.14. The highest BCUT2D eigenvalue weighted by Gasteiger charge is 2.15. The Morgan fingerprint density at radius 3 is 2.15 bits per heavy atom. The lowest BCUT2D eigenvalue weighted by Gasteiger charge is -2.11. The van der Waals surface area contributed by atoms with Crippen LogP contribution in [0.1, 0.15) is 73.1 Å². The number of anilines is 1. The molecule has 1 amide bonds. The van der Waals surface area contributed by atoms with Crippen molar-refractivity contribution in [3.05, 3.63) is 65.7 Å². The Morgan fingerprint density at radius 1 is 0.846 bits per heavy atom. The maximum absolute atomic E-state index is 12.5. The number of rotatable bonds is 10. The Balaban J connectivity index is 1.86. The zero-order chi connectivity index (χ0) is 18.8. The van der Waals surface area contributed by atoms with Gasteiger partial charge in [-0.3, -0.25) is 9.59 Å². The van der Waals surface area contributed by atoms with Gasteiger partial charge in [0.1, 0.15) is 0 Å². The molecule has 26 heavy (non-hydrogen) atoms. The Morgan fingerprint density at radius 2 is 1.50 bits per heavy atom. The molecule has 0 heterocycles. The molecular formula is C23H29NO2. The Labute approximate surface area is 156 Å². The molecule has 2 aromatic carbocycles. The number of carbonyl (C=O) groups excluding carboxylic acids is 2. The molecule has 0 saturated carbocycles. The van der Waals surface area contributed by atoms with Crippen LogP contribution in [0.4, 0.5) is 5.69 Å². The maximum atomic E-state index is 12.5. The molecule has 0 fully saturated rings. The average Bonchev–Trinajstić information content (AvgIpc) is 2.68. The minimum absolute atomic E-state index is 0.0430. The molecule has 0 spiro atoms. The second kappa shape index (κ2) is 10.5. The predicted molar refractivity (Wildman–Crippen MR) is 108 cm³/mol. The molecule has 0 aliphatic carbocycles. The van der Waals surface area contributed by atoms with Crippen LogP contribution in [0, 0.1) is 5.92 Å². The number of unbranched alkanes of at least 4 members (excludes halogenated alkanes) is 4. The largest absolute Gasteiger partial charge is 0.322 e. The van der Waals surface area contributed by atoms with Crippen LogP contribution < -0.4 is 5.32 Å². The SMILES string of the molecule is CCCCCCCC(C)C(=O)c1ccc(NC(=O)c2ccccc2)cc1. The Kier molecular flexibility index (Phi) is 8.07. The first-order valence-corrected chi connectivity index (χ1v) is 9.62. The summed E-state index contributed by atoms with van der Waals surface area (Å²) in [5, 5.41) is 2.86. The Bertz CT molecular complexity index is 692. The average molecular weight is 351 g/mol. The fraction of sp³-hybridized carbons (Fsp3) is 0.391. The van der Waals surface area contributed by atoms with Crippen molar-refractivity contribution in [1.29, 1.82) is 0 Å². The first-order valence-electron chi connectivity index (χ1n) is 9.62. The summed E-state index contributed by atoms with van der Waals surface area (Å²) in [4.78, 5) is 24.7.